The summed E-state index contributed by atoms with van der Waals surface area (Å²) in [5, 5.41) is 10.7. The van der Waals surface area contributed by atoms with E-state index in [1.54, 1.807) is 0 Å². The topological polar surface area (TPSA) is 88.9 Å². The standard InChI is InChI=1S/C8H4ClN3O3/c9-5-1-4-6(2-7(5)12(14)15)10-3-11-8(4)13/h1-3H,(H,10,11,13). The van der Waals surface area contributed by atoms with Crippen LogP contribution in [0, 0.1) is 10.1 Å². The number of rotatable bonds is 1. The van der Waals surface area contributed by atoms with Gasteiger partial charge in [-0.2, -0.15) is 0 Å². The third kappa shape index (κ3) is 1.55. The Morgan fingerprint density at radius 2 is 2.20 bits per heavy atom. The van der Waals surface area contributed by atoms with Gasteiger partial charge in [0.05, 0.1) is 22.2 Å². The fourth-order valence-corrected chi connectivity index (χ4v) is 1.45. The SMILES string of the molecule is O=c1[nH]cnc2cc([N+](=O)[O-])c(Cl)cc12. The van der Waals surface area contributed by atoms with E-state index in [-0.39, 0.29) is 27.2 Å². The molecule has 0 saturated heterocycles. The molecule has 0 aliphatic carbocycles. The zero-order chi connectivity index (χ0) is 11.0. The maximum absolute atomic E-state index is 11.3. The summed E-state index contributed by atoms with van der Waals surface area (Å²) in [6.45, 7) is 0. The summed E-state index contributed by atoms with van der Waals surface area (Å²) in [6.07, 6.45) is 1.18. The fraction of sp³-hybridized carbons (Fsp3) is 0. The molecule has 0 amide bonds. The summed E-state index contributed by atoms with van der Waals surface area (Å²) in [5.74, 6) is 0. The summed E-state index contributed by atoms with van der Waals surface area (Å²) in [5.41, 5.74) is -0.395. The minimum absolute atomic E-state index is 0.0778. The van der Waals surface area contributed by atoms with Gasteiger partial charge in [0, 0.05) is 6.07 Å². The molecule has 0 saturated carbocycles. The summed E-state index contributed by atoms with van der Waals surface area (Å²) in [4.78, 5) is 27.4. The van der Waals surface area contributed by atoms with Crippen LogP contribution in [0.15, 0.2) is 23.3 Å². The van der Waals surface area contributed by atoms with Crippen LogP contribution in [0.3, 0.4) is 0 Å². The van der Waals surface area contributed by atoms with Gasteiger partial charge in [0.2, 0.25) is 0 Å². The van der Waals surface area contributed by atoms with Gasteiger partial charge >= 0.3 is 0 Å². The van der Waals surface area contributed by atoms with Crippen LogP contribution in [-0.2, 0) is 0 Å². The van der Waals surface area contributed by atoms with Crippen LogP contribution in [0.4, 0.5) is 5.69 Å². The van der Waals surface area contributed by atoms with Crippen LogP contribution in [0.2, 0.25) is 5.02 Å². The van der Waals surface area contributed by atoms with Crippen LogP contribution < -0.4 is 5.56 Å². The first-order valence-corrected chi connectivity index (χ1v) is 4.29. The molecule has 0 atom stereocenters. The third-order valence-corrected chi connectivity index (χ3v) is 2.21. The average molecular weight is 226 g/mol. The van der Waals surface area contributed by atoms with Crippen LogP contribution in [0.25, 0.3) is 10.9 Å². The molecule has 0 aliphatic heterocycles. The Labute approximate surface area is 87.7 Å². The maximum Gasteiger partial charge on any atom is 0.290 e. The van der Waals surface area contributed by atoms with Crippen LogP contribution in [-0.4, -0.2) is 14.9 Å². The van der Waals surface area contributed by atoms with E-state index in [0.717, 1.165) is 0 Å². The highest BCUT2D eigenvalue weighted by atomic mass is 35.5. The van der Waals surface area contributed by atoms with Gasteiger partial charge in [-0.25, -0.2) is 4.98 Å². The van der Waals surface area contributed by atoms with Crippen molar-refractivity contribution in [2.24, 2.45) is 0 Å². The third-order valence-electron chi connectivity index (χ3n) is 1.91. The second-order valence-corrected chi connectivity index (χ2v) is 3.22. The largest absolute Gasteiger partial charge is 0.313 e. The fourth-order valence-electron chi connectivity index (χ4n) is 1.22. The molecule has 7 heteroatoms. The Morgan fingerprint density at radius 3 is 2.87 bits per heavy atom. The predicted molar refractivity (Wildman–Crippen MR) is 54.0 cm³/mol. The van der Waals surface area contributed by atoms with Gasteiger partial charge in [-0.05, 0) is 6.07 Å². The van der Waals surface area contributed by atoms with E-state index in [1.165, 1.54) is 18.5 Å². The number of aromatic amines is 1. The van der Waals surface area contributed by atoms with E-state index >= 15 is 0 Å². The number of H-pyrrole nitrogens is 1. The minimum atomic E-state index is -0.620. The summed E-state index contributed by atoms with van der Waals surface area (Å²) in [6, 6.07) is 2.41. The Hall–Kier alpha value is -1.95. The molecule has 2 rings (SSSR count). The number of fused-ring (bicyclic) bond motifs is 1. The molecule has 76 valence electrons. The van der Waals surface area contributed by atoms with Crippen molar-refractivity contribution in [3.8, 4) is 0 Å². The second-order valence-electron chi connectivity index (χ2n) is 2.81. The minimum Gasteiger partial charge on any atom is -0.313 e. The number of nitrogens with one attached hydrogen (secondary N) is 1. The normalized spacial score (nSPS) is 10.5. The van der Waals surface area contributed by atoms with Gasteiger partial charge in [0.25, 0.3) is 11.2 Å². The van der Waals surface area contributed by atoms with Gasteiger partial charge in [-0.1, -0.05) is 11.6 Å². The molecule has 15 heavy (non-hydrogen) atoms. The summed E-state index contributed by atoms with van der Waals surface area (Å²) in [7, 11) is 0. The predicted octanol–water partition coefficient (Wildman–Crippen LogP) is 1.48. The molecular formula is C8H4ClN3O3. The van der Waals surface area contributed by atoms with E-state index in [2.05, 4.69) is 9.97 Å². The van der Waals surface area contributed by atoms with Gasteiger partial charge in [-0.3, -0.25) is 14.9 Å². The van der Waals surface area contributed by atoms with Crippen molar-refractivity contribution >= 4 is 28.2 Å². The molecule has 6 nitrogen and oxygen atoms in total. The quantitative estimate of drug-likeness (QED) is 0.588. The first-order chi connectivity index (χ1) is 7.09. The molecule has 0 unspecified atom stereocenters. The number of aromatic nitrogens is 2. The zero-order valence-electron chi connectivity index (χ0n) is 7.23. The molecule has 0 bridgehead atoms. The van der Waals surface area contributed by atoms with E-state index in [1.807, 2.05) is 0 Å². The maximum atomic E-state index is 11.3. The lowest BCUT2D eigenvalue weighted by Crippen LogP contribution is -2.06. The van der Waals surface area contributed by atoms with Crippen molar-refractivity contribution in [1.29, 1.82) is 0 Å². The molecule has 1 aromatic carbocycles. The van der Waals surface area contributed by atoms with E-state index in [4.69, 9.17) is 11.6 Å². The average Bonchev–Trinajstić information content (AvgIpc) is 2.18. The number of benzene rings is 1. The molecule has 1 aromatic heterocycles. The lowest BCUT2D eigenvalue weighted by Gasteiger charge is -1.97. The van der Waals surface area contributed by atoms with E-state index in [9.17, 15) is 14.9 Å². The van der Waals surface area contributed by atoms with E-state index < -0.39 is 4.92 Å². The summed E-state index contributed by atoms with van der Waals surface area (Å²) < 4.78 is 0. The first-order valence-electron chi connectivity index (χ1n) is 3.91. The van der Waals surface area contributed by atoms with Crippen molar-refractivity contribution in [2.75, 3.05) is 0 Å². The van der Waals surface area contributed by atoms with Crippen LogP contribution >= 0.6 is 11.6 Å². The molecule has 0 aliphatic rings. The van der Waals surface area contributed by atoms with Crippen molar-refractivity contribution in [2.45, 2.75) is 0 Å². The molecule has 1 heterocycles. The van der Waals surface area contributed by atoms with Gasteiger partial charge in [-0.15, -0.1) is 0 Å². The summed E-state index contributed by atoms with van der Waals surface area (Å²) >= 11 is 5.65. The molecule has 0 radical (unpaired) electrons. The number of hydrogen-bond acceptors (Lipinski definition) is 4. The van der Waals surface area contributed by atoms with E-state index in [0.29, 0.717) is 0 Å². The highest BCUT2D eigenvalue weighted by Crippen LogP contribution is 2.26. The van der Waals surface area contributed by atoms with Crippen molar-refractivity contribution in [1.82, 2.24) is 9.97 Å². The van der Waals surface area contributed by atoms with Gasteiger partial charge in [0.15, 0.2) is 0 Å². The van der Waals surface area contributed by atoms with Crippen molar-refractivity contribution < 1.29 is 4.92 Å². The number of halogens is 1. The van der Waals surface area contributed by atoms with Gasteiger partial charge in [0.1, 0.15) is 5.02 Å². The highest BCUT2D eigenvalue weighted by Gasteiger charge is 2.14. The van der Waals surface area contributed by atoms with Crippen molar-refractivity contribution in [3.05, 3.63) is 44.0 Å². The number of nitro groups is 1. The van der Waals surface area contributed by atoms with Gasteiger partial charge < -0.3 is 4.98 Å². The number of hydrogen-bond donors (Lipinski definition) is 1. The molecule has 0 spiro atoms. The monoisotopic (exact) mass is 225 g/mol. The second kappa shape index (κ2) is 3.32. The first kappa shape index (κ1) is 9.60. The molecule has 0 fully saturated rings. The smallest absolute Gasteiger partial charge is 0.290 e. The number of nitro benzene ring substituents is 1. The Kier molecular flexibility index (Phi) is 2.12. The highest BCUT2D eigenvalue weighted by molar-refractivity contribution is 6.33. The Bertz CT molecular complexity index is 608. The van der Waals surface area contributed by atoms with Crippen LogP contribution in [0.5, 0.6) is 0 Å². The molecular weight excluding hydrogens is 222 g/mol. The molecule has 1 N–H and O–H groups in total. The Balaban J connectivity index is 2.88. The zero-order valence-corrected chi connectivity index (χ0v) is 7.99. The lowest BCUT2D eigenvalue weighted by atomic mass is 10.2. The number of nitrogens with zero attached hydrogens (tertiary/aromatic N) is 2. The lowest BCUT2D eigenvalue weighted by molar-refractivity contribution is -0.384. The Morgan fingerprint density at radius 1 is 1.47 bits per heavy atom. The van der Waals surface area contributed by atoms with Crippen LogP contribution in [0.1, 0.15) is 0 Å². The molecule has 2 aromatic rings. The van der Waals surface area contributed by atoms with Crippen molar-refractivity contribution in [3.63, 3.8) is 0 Å².